The Morgan fingerprint density at radius 1 is 1.03 bits per heavy atom. The van der Waals surface area contributed by atoms with E-state index in [4.69, 9.17) is 27.9 Å². The molecule has 0 aliphatic carbocycles. The van der Waals surface area contributed by atoms with Gasteiger partial charge in [0.2, 0.25) is 10.0 Å². The van der Waals surface area contributed by atoms with Crippen LogP contribution in [0.25, 0.3) is 0 Å². The molecule has 2 aromatic rings. The van der Waals surface area contributed by atoms with Gasteiger partial charge in [-0.3, -0.25) is 4.79 Å². The van der Waals surface area contributed by atoms with Crippen molar-refractivity contribution in [1.29, 1.82) is 0 Å². The SMILES string of the molecule is CC(C)CNS(=O)(=O)c1cc(C(=O)O[C@H](C)C(=O)Nc2ccccc2)c(Cl)cc1Cl. The Balaban J connectivity index is 2.19. The van der Waals surface area contributed by atoms with E-state index >= 15 is 0 Å². The monoisotopic (exact) mass is 472 g/mol. The number of halogens is 2. The first-order chi connectivity index (χ1) is 14.0. The normalized spacial score (nSPS) is 12.5. The quantitative estimate of drug-likeness (QED) is 0.562. The van der Waals surface area contributed by atoms with Crippen molar-refractivity contribution in [3.63, 3.8) is 0 Å². The van der Waals surface area contributed by atoms with E-state index in [1.807, 2.05) is 13.8 Å². The number of hydrogen-bond donors (Lipinski definition) is 2. The predicted octanol–water partition coefficient (Wildman–Crippen LogP) is 4.11. The maximum absolute atomic E-state index is 12.5. The molecule has 0 aromatic heterocycles. The van der Waals surface area contributed by atoms with E-state index in [2.05, 4.69) is 10.0 Å². The van der Waals surface area contributed by atoms with Gasteiger partial charge in [-0.1, -0.05) is 55.2 Å². The van der Waals surface area contributed by atoms with Crippen molar-refractivity contribution in [1.82, 2.24) is 4.72 Å². The molecule has 2 aromatic carbocycles. The van der Waals surface area contributed by atoms with Crippen molar-refractivity contribution in [2.75, 3.05) is 11.9 Å². The summed E-state index contributed by atoms with van der Waals surface area (Å²) in [6.45, 7) is 5.27. The van der Waals surface area contributed by atoms with Gasteiger partial charge >= 0.3 is 5.97 Å². The van der Waals surface area contributed by atoms with Crippen molar-refractivity contribution in [2.45, 2.75) is 31.8 Å². The molecule has 10 heteroatoms. The summed E-state index contributed by atoms with van der Waals surface area (Å²) in [4.78, 5) is 24.5. The molecule has 0 spiro atoms. The molecule has 0 fully saturated rings. The van der Waals surface area contributed by atoms with Gasteiger partial charge in [0.25, 0.3) is 5.91 Å². The van der Waals surface area contributed by atoms with E-state index in [9.17, 15) is 18.0 Å². The molecule has 1 amide bonds. The van der Waals surface area contributed by atoms with Crippen LogP contribution < -0.4 is 10.0 Å². The van der Waals surface area contributed by atoms with E-state index in [0.717, 1.165) is 12.1 Å². The number of carbonyl (C=O) groups is 2. The summed E-state index contributed by atoms with van der Waals surface area (Å²) < 4.78 is 32.6. The summed E-state index contributed by atoms with van der Waals surface area (Å²) in [5.74, 6) is -1.43. The minimum atomic E-state index is -3.97. The molecule has 0 aliphatic heterocycles. The van der Waals surface area contributed by atoms with Crippen LogP contribution in [0, 0.1) is 5.92 Å². The lowest BCUT2D eigenvalue weighted by molar-refractivity contribution is -0.123. The molecule has 30 heavy (non-hydrogen) atoms. The summed E-state index contributed by atoms with van der Waals surface area (Å²) in [6, 6.07) is 10.8. The minimum Gasteiger partial charge on any atom is -0.449 e. The van der Waals surface area contributed by atoms with E-state index in [0.29, 0.717) is 5.69 Å². The standard InChI is InChI=1S/C20H22Cl2N2O5S/c1-12(2)11-23-30(27,28)18-9-15(16(21)10-17(18)22)20(26)29-13(3)19(25)24-14-7-5-4-6-8-14/h4-10,12-13,23H,11H2,1-3H3,(H,24,25)/t13-/m1/s1. The molecule has 0 saturated carbocycles. The molecule has 0 heterocycles. The summed E-state index contributed by atoms with van der Waals surface area (Å²) in [5, 5.41) is 2.38. The number of sulfonamides is 1. The number of para-hydroxylation sites is 1. The fourth-order valence-corrected chi connectivity index (χ4v) is 4.35. The summed E-state index contributed by atoms with van der Waals surface area (Å²) in [6.07, 6.45) is -1.15. The maximum atomic E-state index is 12.5. The van der Waals surface area contributed by atoms with Gasteiger partial charge in [-0.15, -0.1) is 0 Å². The Morgan fingerprint density at radius 2 is 1.67 bits per heavy atom. The van der Waals surface area contributed by atoms with Gasteiger partial charge in [-0.2, -0.15) is 0 Å². The van der Waals surface area contributed by atoms with Crippen LogP contribution in [-0.2, 0) is 19.6 Å². The molecule has 0 radical (unpaired) electrons. The van der Waals surface area contributed by atoms with Crippen LogP contribution in [0.4, 0.5) is 5.69 Å². The van der Waals surface area contributed by atoms with Gasteiger partial charge in [0.05, 0.1) is 15.6 Å². The zero-order valence-corrected chi connectivity index (χ0v) is 18.9. The highest BCUT2D eigenvalue weighted by Crippen LogP contribution is 2.29. The number of carbonyl (C=O) groups excluding carboxylic acids is 2. The van der Waals surface area contributed by atoms with Gasteiger partial charge < -0.3 is 10.1 Å². The van der Waals surface area contributed by atoms with Crippen molar-refractivity contribution < 1.29 is 22.7 Å². The Kier molecular flexibility index (Phi) is 8.25. The van der Waals surface area contributed by atoms with E-state index in [1.54, 1.807) is 30.3 Å². The first-order valence-electron chi connectivity index (χ1n) is 9.07. The summed E-state index contributed by atoms with van der Waals surface area (Å²) in [7, 11) is -3.97. The smallest absolute Gasteiger partial charge is 0.340 e. The van der Waals surface area contributed by atoms with Gasteiger partial charge in [0.15, 0.2) is 6.10 Å². The second-order valence-corrected chi connectivity index (χ2v) is 9.46. The molecule has 0 unspecified atom stereocenters. The van der Waals surface area contributed by atoms with Crippen molar-refractivity contribution in [3.05, 3.63) is 58.1 Å². The van der Waals surface area contributed by atoms with Gasteiger partial charge in [-0.05, 0) is 37.1 Å². The first kappa shape index (κ1) is 24.1. The van der Waals surface area contributed by atoms with Crippen LogP contribution in [0.5, 0.6) is 0 Å². The molecule has 1 atom stereocenters. The molecule has 2 N–H and O–H groups in total. The van der Waals surface area contributed by atoms with Crippen LogP contribution in [0.2, 0.25) is 10.0 Å². The van der Waals surface area contributed by atoms with Crippen LogP contribution in [0.1, 0.15) is 31.1 Å². The van der Waals surface area contributed by atoms with E-state index in [1.165, 1.54) is 6.92 Å². The average molecular weight is 473 g/mol. The number of benzene rings is 2. The average Bonchev–Trinajstić information content (AvgIpc) is 2.66. The molecule has 0 bridgehead atoms. The Morgan fingerprint density at radius 3 is 2.27 bits per heavy atom. The highest BCUT2D eigenvalue weighted by molar-refractivity contribution is 7.89. The zero-order valence-electron chi connectivity index (χ0n) is 16.6. The first-order valence-corrected chi connectivity index (χ1v) is 11.3. The number of rotatable bonds is 8. The number of ether oxygens (including phenoxy) is 1. The fourth-order valence-electron chi connectivity index (χ4n) is 2.29. The Hall–Kier alpha value is -2.13. The van der Waals surface area contributed by atoms with Crippen LogP contribution in [-0.4, -0.2) is 32.9 Å². The van der Waals surface area contributed by atoms with Crippen LogP contribution >= 0.6 is 23.2 Å². The van der Waals surface area contributed by atoms with E-state index < -0.39 is 28.0 Å². The molecule has 2 rings (SSSR count). The number of anilines is 1. The highest BCUT2D eigenvalue weighted by atomic mass is 35.5. The van der Waals surface area contributed by atoms with Gasteiger partial charge in [-0.25, -0.2) is 17.9 Å². The predicted molar refractivity (Wildman–Crippen MR) is 116 cm³/mol. The third-order valence-electron chi connectivity index (χ3n) is 3.91. The van der Waals surface area contributed by atoms with Crippen molar-refractivity contribution in [2.24, 2.45) is 5.92 Å². The van der Waals surface area contributed by atoms with Crippen molar-refractivity contribution in [3.8, 4) is 0 Å². The molecule has 0 aliphatic rings. The van der Waals surface area contributed by atoms with Crippen LogP contribution in [0.15, 0.2) is 47.4 Å². The van der Waals surface area contributed by atoms with Crippen LogP contribution in [0.3, 0.4) is 0 Å². The second kappa shape index (κ2) is 10.3. The molecule has 0 saturated heterocycles. The zero-order chi connectivity index (χ0) is 22.5. The molecular formula is C20H22Cl2N2O5S. The number of amides is 1. The lowest BCUT2D eigenvalue weighted by Crippen LogP contribution is -2.30. The lowest BCUT2D eigenvalue weighted by atomic mass is 10.2. The minimum absolute atomic E-state index is 0.0688. The summed E-state index contributed by atoms with van der Waals surface area (Å²) >= 11 is 12.1. The molecular weight excluding hydrogens is 451 g/mol. The number of hydrogen-bond acceptors (Lipinski definition) is 5. The fraction of sp³-hybridized carbons (Fsp3) is 0.300. The largest absolute Gasteiger partial charge is 0.449 e. The highest BCUT2D eigenvalue weighted by Gasteiger charge is 2.25. The Labute approximate surface area is 185 Å². The molecule has 162 valence electrons. The Bertz CT molecular complexity index is 1030. The number of esters is 1. The maximum Gasteiger partial charge on any atom is 0.340 e. The molecule has 7 nitrogen and oxygen atoms in total. The third-order valence-corrected chi connectivity index (χ3v) is 6.11. The topological polar surface area (TPSA) is 102 Å². The third kappa shape index (κ3) is 6.43. The second-order valence-electron chi connectivity index (χ2n) is 6.91. The number of nitrogens with one attached hydrogen (secondary N) is 2. The van der Waals surface area contributed by atoms with Crippen molar-refractivity contribution >= 4 is 50.8 Å². The van der Waals surface area contributed by atoms with Gasteiger partial charge in [0.1, 0.15) is 4.90 Å². The van der Waals surface area contributed by atoms with E-state index in [-0.39, 0.29) is 33.0 Å². The lowest BCUT2D eigenvalue weighted by Gasteiger charge is -2.15. The summed E-state index contributed by atoms with van der Waals surface area (Å²) in [5.41, 5.74) is 0.324. The van der Waals surface area contributed by atoms with Gasteiger partial charge in [0, 0.05) is 12.2 Å².